The van der Waals surface area contributed by atoms with Crippen molar-refractivity contribution in [1.82, 2.24) is 0 Å². The van der Waals surface area contributed by atoms with Gasteiger partial charge in [-0.05, 0) is 12.1 Å². The predicted molar refractivity (Wildman–Crippen MR) is 33.0 cm³/mol. The van der Waals surface area contributed by atoms with Crippen LogP contribution in [0, 0.1) is 5.82 Å². The van der Waals surface area contributed by atoms with Crippen LogP contribution in [0.3, 0.4) is 0 Å². The topological polar surface area (TPSA) is 19.9 Å². The first-order chi connectivity index (χ1) is 4.39. The largest absolute Gasteiger partial charge is 0.240 e. The smallest absolute Gasteiger partial charge is 0.123 e. The number of rotatable bonds is 0. The molecule has 0 atom stereocenters. The molecule has 49 valence electrons. The molecule has 0 saturated carbocycles. The van der Waals surface area contributed by atoms with E-state index in [2.05, 4.69) is 0 Å². The van der Waals surface area contributed by atoms with E-state index in [4.69, 9.17) is 5.11 Å². The zero-order valence-corrected chi connectivity index (χ0v) is 5.17. The zero-order chi connectivity index (χ0) is 7.11. The summed E-state index contributed by atoms with van der Waals surface area (Å²) in [5, 5.41) is 8.25. The summed E-state index contributed by atoms with van der Waals surface area (Å²) in [5.74, 6) is -0.178. The molecule has 0 aromatic heterocycles. The van der Waals surface area contributed by atoms with E-state index in [0.29, 0.717) is 0 Å². The predicted octanol–water partition coefficient (Wildman–Crippen LogP) is 1.87. The SMILES string of the molecule is C[O].Fc1ccccc1. The summed E-state index contributed by atoms with van der Waals surface area (Å²) in [6.45, 7) is 0. The first kappa shape index (κ1) is 8.11. The second-order valence-electron chi connectivity index (χ2n) is 1.30. The highest BCUT2D eigenvalue weighted by Gasteiger charge is 1.77. The number of hydrogen-bond donors (Lipinski definition) is 0. The van der Waals surface area contributed by atoms with Crippen molar-refractivity contribution < 1.29 is 9.50 Å². The van der Waals surface area contributed by atoms with Gasteiger partial charge in [0.2, 0.25) is 0 Å². The lowest BCUT2D eigenvalue weighted by Gasteiger charge is -1.78. The minimum Gasteiger partial charge on any atom is -0.240 e. The molecule has 9 heavy (non-hydrogen) atoms. The maximum Gasteiger partial charge on any atom is 0.123 e. The molecule has 0 amide bonds. The van der Waals surface area contributed by atoms with E-state index < -0.39 is 0 Å². The van der Waals surface area contributed by atoms with E-state index in [1.54, 1.807) is 18.2 Å². The molecule has 0 spiro atoms. The number of halogens is 1. The molecular weight excluding hydrogens is 119 g/mol. The Morgan fingerprint density at radius 2 is 1.56 bits per heavy atom. The van der Waals surface area contributed by atoms with Crippen molar-refractivity contribution in [3.8, 4) is 0 Å². The van der Waals surface area contributed by atoms with Crippen molar-refractivity contribution in [2.75, 3.05) is 7.11 Å². The van der Waals surface area contributed by atoms with Gasteiger partial charge in [0.15, 0.2) is 0 Å². The fourth-order valence-corrected chi connectivity index (χ4v) is 0.415. The second-order valence-corrected chi connectivity index (χ2v) is 1.30. The molecule has 1 aromatic rings. The highest BCUT2D eigenvalue weighted by atomic mass is 19.1. The number of hydrogen-bond acceptors (Lipinski definition) is 0. The molecule has 0 N–H and O–H groups in total. The maximum absolute atomic E-state index is 11.9. The second kappa shape index (κ2) is 5.25. The molecule has 1 aromatic carbocycles. The summed E-state index contributed by atoms with van der Waals surface area (Å²) in [5.41, 5.74) is 0. The minimum absolute atomic E-state index is 0.178. The molecule has 0 unspecified atom stereocenters. The van der Waals surface area contributed by atoms with Crippen molar-refractivity contribution in [2.24, 2.45) is 0 Å². The van der Waals surface area contributed by atoms with Gasteiger partial charge in [-0.2, -0.15) is 0 Å². The lowest BCUT2D eigenvalue weighted by molar-refractivity contribution is 0.282. The van der Waals surface area contributed by atoms with Gasteiger partial charge < -0.3 is 0 Å². The van der Waals surface area contributed by atoms with Crippen LogP contribution in [0.25, 0.3) is 0 Å². The molecular formula is C7H8FO. The van der Waals surface area contributed by atoms with E-state index in [9.17, 15) is 4.39 Å². The van der Waals surface area contributed by atoms with Gasteiger partial charge in [0.05, 0.1) is 7.11 Å². The van der Waals surface area contributed by atoms with Crippen LogP contribution < -0.4 is 0 Å². The zero-order valence-electron chi connectivity index (χ0n) is 5.17. The van der Waals surface area contributed by atoms with Gasteiger partial charge >= 0.3 is 0 Å². The van der Waals surface area contributed by atoms with Gasteiger partial charge in [-0.1, -0.05) is 18.2 Å². The molecule has 0 fully saturated rings. The Kier molecular flexibility index (Phi) is 4.73. The van der Waals surface area contributed by atoms with E-state index in [1.807, 2.05) is 0 Å². The Morgan fingerprint density at radius 3 is 1.78 bits per heavy atom. The summed E-state index contributed by atoms with van der Waals surface area (Å²) < 4.78 is 11.9. The molecule has 0 aliphatic heterocycles. The highest BCUT2D eigenvalue weighted by Crippen LogP contribution is 1.91. The average Bonchev–Trinajstić information content (AvgIpc) is 1.94. The third-order valence-corrected chi connectivity index (χ3v) is 0.733. The molecule has 0 saturated heterocycles. The van der Waals surface area contributed by atoms with Crippen LogP contribution in [0.4, 0.5) is 4.39 Å². The fraction of sp³-hybridized carbons (Fsp3) is 0.143. The van der Waals surface area contributed by atoms with Crippen LogP contribution in [0.2, 0.25) is 0 Å². The third-order valence-electron chi connectivity index (χ3n) is 0.733. The molecule has 0 aliphatic rings. The fourth-order valence-electron chi connectivity index (χ4n) is 0.415. The minimum atomic E-state index is -0.178. The van der Waals surface area contributed by atoms with Gasteiger partial charge in [-0.25, -0.2) is 9.50 Å². The van der Waals surface area contributed by atoms with Crippen LogP contribution in [-0.2, 0) is 5.11 Å². The van der Waals surface area contributed by atoms with Crippen molar-refractivity contribution in [2.45, 2.75) is 0 Å². The summed E-state index contributed by atoms with van der Waals surface area (Å²) in [6, 6.07) is 7.94. The van der Waals surface area contributed by atoms with E-state index in [0.717, 1.165) is 7.11 Å². The summed E-state index contributed by atoms with van der Waals surface area (Å²) in [4.78, 5) is 0. The van der Waals surface area contributed by atoms with Gasteiger partial charge in [-0.15, -0.1) is 0 Å². The highest BCUT2D eigenvalue weighted by molar-refractivity contribution is 5.02. The first-order valence-electron chi connectivity index (χ1n) is 2.51. The van der Waals surface area contributed by atoms with Crippen LogP contribution in [0.5, 0.6) is 0 Å². The Morgan fingerprint density at radius 1 is 1.11 bits per heavy atom. The summed E-state index contributed by atoms with van der Waals surface area (Å²) in [6.07, 6.45) is 0. The molecule has 1 radical (unpaired) electrons. The standard InChI is InChI=1S/C6H5F.CH3O/c7-6-4-2-1-3-5-6;1-2/h1-5H;1H3. The Balaban J connectivity index is 0.000000291. The summed E-state index contributed by atoms with van der Waals surface area (Å²) in [7, 11) is 0.750. The van der Waals surface area contributed by atoms with Gasteiger partial charge in [0.1, 0.15) is 5.82 Å². The van der Waals surface area contributed by atoms with Crippen LogP contribution in [-0.4, -0.2) is 7.11 Å². The molecule has 0 heterocycles. The summed E-state index contributed by atoms with van der Waals surface area (Å²) >= 11 is 0. The van der Waals surface area contributed by atoms with E-state index >= 15 is 0 Å². The maximum atomic E-state index is 11.9. The van der Waals surface area contributed by atoms with E-state index in [1.165, 1.54) is 12.1 Å². The van der Waals surface area contributed by atoms with Crippen molar-refractivity contribution >= 4 is 0 Å². The van der Waals surface area contributed by atoms with Crippen molar-refractivity contribution in [3.63, 3.8) is 0 Å². The quantitative estimate of drug-likeness (QED) is 0.507. The van der Waals surface area contributed by atoms with Crippen LogP contribution >= 0.6 is 0 Å². The molecule has 0 bridgehead atoms. The lowest BCUT2D eigenvalue weighted by atomic mass is 10.4. The average molecular weight is 127 g/mol. The molecule has 0 aliphatic carbocycles. The Hall–Kier alpha value is -0.890. The van der Waals surface area contributed by atoms with Crippen LogP contribution in [0.1, 0.15) is 0 Å². The van der Waals surface area contributed by atoms with Crippen molar-refractivity contribution in [3.05, 3.63) is 36.1 Å². The normalized spacial score (nSPS) is 7.44. The first-order valence-corrected chi connectivity index (χ1v) is 2.51. The Bertz CT molecular complexity index is 139. The lowest BCUT2D eigenvalue weighted by Crippen LogP contribution is -1.63. The van der Waals surface area contributed by atoms with Crippen LogP contribution in [0.15, 0.2) is 30.3 Å². The molecule has 1 nitrogen and oxygen atoms in total. The third kappa shape index (κ3) is 3.67. The van der Waals surface area contributed by atoms with Gasteiger partial charge in [0.25, 0.3) is 0 Å². The van der Waals surface area contributed by atoms with E-state index in [-0.39, 0.29) is 5.82 Å². The van der Waals surface area contributed by atoms with Crippen molar-refractivity contribution in [1.29, 1.82) is 0 Å². The molecule has 1 rings (SSSR count). The molecule has 2 heteroatoms. The monoisotopic (exact) mass is 127 g/mol. The van der Waals surface area contributed by atoms with Gasteiger partial charge in [0, 0.05) is 0 Å². The number of benzene rings is 1. The Labute approximate surface area is 53.8 Å². The van der Waals surface area contributed by atoms with Gasteiger partial charge in [-0.3, -0.25) is 0 Å².